The van der Waals surface area contributed by atoms with Gasteiger partial charge in [0.25, 0.3) is 0 Å². The summed E-state index contributed by atoms with van der Waals surface area (Å²) in [5.41, 5.74) is 7.37. The molecule has 2 rings (SSSR count). The van der Waals surface area contributed by atoms with Crippen LogP contribution in [0, 0.1) is 0 Å². The highest BCUT2D eigenvalue weighted by Crippen LogP contribution is 2.21. The molecular weight excluding hydrogens is 218 g/mol. The number of anilines is 1. The van der Waals surface area contributed by atoms with Gasteiger partial charge in [-0.3, -0.25) is 0 Å². The van der Waals surface area contributed by atoms with Crippen LogP contribution in [-0.2, 0) is 4.74 Å². The van der Waals surface area contributed by atoms with Crippen molar-refractivity contribution in [3.8, 4) is 0 Å². The van der Waals surface area contributed by atoms with Gasteiger partial charge >= 0.3 is 0 Å². The van der Waals surface area contributed by atoms with Gasteiger partial charge in [-0.15, -0.1) is 0 Å². The van der Waals surface area contributed by atoms with E-state index in [4.69, 9.17) is 15.7 Å². The van der Waals surface area contributed by atoms with Gasteiger partial charge in [-0.25, -0.2) is 0 Å². The predicted octanol–water partition coefficient (Wildman–Crippen LogP) is 1.01. The zero-order valence-electron chi connectivity index (χ0n) is 9.84. The van der Waals surface area contributed by atoms with Gasteiger partial charge in [0.2, 0.25) is 0 Å². The fourth-order valence-electron chi connectivity index (χ4n) is 2.06. The average Bonchev–Trinajstić information content (AvgIpc) is 2.87. The van der Waals surface area contributed by atoms with E-state index in [1.165, 1.54) is 0 Å². The molecule has 0 amide bonds. The Bertz CT molecular complexity index is 403. The molecule has 5 heteroatoms. The Morgan fingerprint density at radius 3 is 2.71 bits per heavy atom. The van der Waals surface area contributed by atoms with Crippen LogP contribution in [0.15, 0.2) is 29.4 Å². The average molecular weight is 235 g/mol. The third-order valence-electron chi connectivity index (χ3n) is 3.11. The fourth-order valence-corrected chi connectivity index (χ4v) is 2.06. The maximum absolute atomic E-state index is 8.57. The number of methoxy groups -OCH3 is 1. The lowest BCUT2D eigenvalue weighted by molar-refractivity contribution is 0.121. The summed E-state index contributed by atoms with van der Waals surface area (Å²) in [6.07, 6.45) is 1.37. The normalized spacial score (nSPS) is 20.9. The second-order valence-electron chi connectivity index (χ2n) is 4.12. The molecule has 1 aliphatic rings. The molecule has 5 nitrogen and oxygen atoms in total. The first kappa shape index (κ1) is 11.7. The quantitative estimate of drug-likeness (QED) is 0.355. The molecule has 0 saturated carbocycles. The molecule has 0 radical (unpaired) electrons. The highest BCUT2D eigenvalue weighted by molar-refractivity contribution is 5.97. The van der Waals surface area contributed by atoms with Crippen molar-refractivity contribution in [2.75, 3.05) is 25.1 Å². The van der Waals surface area contributed by atoms with E-state index < -0.39 is 0 Å². The molecule has 17 heavy (non-hydrogen) atoms. The van der Waals surface area contributed by atoms with E-state index in [0.29, 0.717) is 6.10 Å². The van der Waals surface area contributed by atoms with Crippen LogP contribution in [0.2, 0.25) is 0 Å². The first-order valence-electron chi connectivity index (χ1n) is 5.60. The molecule has 0 aliphatic carbocycles. The van der Waals surface area contributed by atoms with Crippen LogP contribution in [0.5, 0.6) is 0 Å². The number of rotatable bonds is 3. The predicted molar refractivity (Wildman–Crippen MR) is 66.6 cm³/mol. The molecule has 1 unspecified atom stereocenters. The Labute approximate surface area is 100 Å². The maximum Gasteiger partial charge on any atom is 0.170 e. The van der Waals surface area contributed by atoms with Gasteiger partial charge in [-0.2, -0.15) is 0 Å². The van der Waals surface area contributed by atoms with Gasteiger partial charge in [-0.05, 0) is 30.7 Å². The lowest BCUT2D eigenvalue weighted by Gasteiger charge is -2.18. The van der Waals surface area contributed by atoms with Gasteiger partial charge in [0.05, 0.1) is 6.10 Å². The van der Waals surface area contributed by atoms with Gasteiger partial charge in [0.1, 0.15) is 0 Å². The number of nitrogens with two attached hydrogens (primary N) is 1. The Balaban J connectivity index is 2.08. The Hall–Kier alpha value is -1.75. The van der Waals surface area contributed by atoms with E-state index in [2.05, 4.69) is 10.1 Å². The van der Waals surface area contributed by atoms with Crippen LogP contribution in [-0.4, -0.2) is 37.3 Å². The van der Waals surface area contributed by atoms with E-state index in [1.54, 1.807) is 7.11 Å². The minimum absolute atomic E-state index is 0.132. The summed E-state index contributed by atoms with van der Waals surface area (Å²) >= 11 is 0. The van der Waals surface area contributed by atoms with Crippen molar-refractivity contribution < 1.29 is 9.94 Å². The third-order valence-corrected chi connectivity index (χ3v) is 3.11. The Morgan fingerprint density at radius 2 is 2.18 bits per heavy atom. The van der Waals surface area contributed by atoms with E-state index in [-0.39, 0.29) is 5.84 Å². The van der Waals surface area contributed by atoms with E-state index in [0.717, 1.165) is 30.8 Å². The summed E-state index contributed by atoms with van der Waals surface area (Å²) in [6, 6.07) is 7.66. The van der Waals surface area contributed by atoms with Gasteiger partial charge in [-0.1, -0.05) is 5.16 Å². The van der Waals surface area contributed by atoms with Crippen molar-refractivity contribution in [3.05, 3.63) is 29.8 Å². The summed E-state index contributed by atoms with van der Waals surface area (Å²) < 4.78 is 5.33. The lowest BCUT2D eigenvalue weighted by Crippen LogP contribution is -2.22. The van der Waals surface area contributed by atoms with Crippen molar-refractivity contribution in [1.82, 2.24) is 0 Å². The summed E-state index contributed by atoms with van der Waals surface area (Å²) in [5.74, 6) is 0.132. The van der Waals surface area contributed by atoms with E-state index in [1.807, 2.05) is 24.3 Å². The zero-order chi connectivity index (χ0) is 12.3. The third kappa shape index (κ3) is 2.50. The second kappa shape index (κ2) is 5.05. The molecule has 1 aliphatic heterocycles. The van der Waals surface area contributed by atoms with Crippen LogP contribution >= 0.6 is 0 Å². The summed E-state index contributed by atoms with van der Waals surface area (Å²) in [6.45, 7) is 1.92. The highest BCUT2D eigenvalue weighted by Gasteiger charge is 2.21. The molecule has 0 aromatic heterocycles. The highest BCUT2D eigenvalue weighted by atomic mass is 16.5. The molecular formula is C12H17N3O2. The number of hydrogen-bond donors (Lipinski definition) is 2. The molecule has 92 valence electrons. The standard InChI is InChI=1S/C12H17N3O2/c1-17-11-6-7-15(8-11)10-4-2-9(3-5-10)12(13)14-16/h2-5,11,16H,6-8H2,1H3,(H2,13,14). The summed E-state index contributed by atoms with van der Waals surface area (Å²) in [4.78, 5) is 2.27. The monoisotopic (exact) mass is 235 g/mol. The first-order valence-corrected chi connectivity index (χ1v) is 5.60. The summed E-state index contributed by atoms with van der Waals surface area (Å²) in [7, 11) is 1.75. The topological polar surface area (TPSA) is 71.1 Å². The van der Waals surface area contributed by atoms with Crippen molar-refractivity contribution in [2.45, 2.75) is 12.5 Å². The van der Waals surface area contributed by atoms with Crippen LogP contribution in [0.4, 0.5) is 5.69 Å². The van der Waals surface area contributed by atoms with Crippen LogP contribution in [0.3, 0.4) is 0 Å². The number of amidine groups is 1. The largest absolute Gasteiger partial charge is 0.409 e. The number of hydrogen-bond acceptors (Lipinski definition) is 4. The first-order chi connectivity index (χ1) is 8.24. The molecule has 1 heterocycles. The smallest absolute Gasteiger partial charge is 0.170 e. The van der Waals surface area contributed by atoms with Gasteiger partial charge in [0.15, 0.2) is 5.84 Å². The van der Waals surface area contributed by atoms with Crippen molar-refractivity contribution in [3.63, 3.8) is 0 Å². The number of benzene rings is 1. The Kier molecular flexibility index (Phi) is 3.49. The van der Waals surface area contributed by atoms with Crippen LogP contribution in [0.1, 0.15) is 12.0 Å². The summed E-state index contributed by atoms with van der Waals surface area (Å²) in [5, 5.41) is 11.5. The van der Waals surface area contributed by atoms with Crippen molar-refractivity contribution in [1.29, 1.82) is 0 Å². The number of nitrogens with zero attached hydrogens (tertiary/aromatic N) is 2. The van der Waals surface area contributed by atoms with Crippen molar-refractivity contribution >= 4 is 11.5 Å². The molecule has 1 atom stereocenters. The minimum atomic E-state index is 0.132. The van der Waals surface area contributed by atoms with Gasteiger partial charge in [0, 0.05) is 31.5 Å². The minimum Gasteiger partial charge on any atom is -0.409 e. The fraction of sp³-hybridized carbons (Fsp3) is 0.417. The van der Waals surface area contributed by atoms with Crippen LogP contribution in [0.25, 0.3) is 0 Å². The number of ether oxygens (including phenoxy) is 1. The number of oxime groups is 1. The molecule has 1 fully saturated rings. The molecule has 1 aromatic carbocycles. The van der Waals surface area contributed by atoms with Crippen LogP contribution < -0.4 is 10.6 Å². The van der Waals surface area contributed by atoms with E-state index in [9.17, 15) is 0 Å². The van der Waals surface area contributed by atoms with Gasteiger partial charge < -0.3 is 20.6 Å². The molecule has 0 bridgehead atoms. The Morgan fingerprint density at radius 1 is 1.47 bits per heavy atom. The van der Waals surface area contributed by atoms with E-state index >= 15 is 0 Å². The SMILES string of the molecule is COC1CCN(c2ccc(/C(N)=N/O)cc2)C1. The molecule has 1 aromatic rings. The molecule has 0 spiro atoms. The lowest BCUT2D eigenvalue weighted by atomic mass is 10.2. The second-order valence-corrected chi connectivity index (χ2v) is 4.12. The zero-order valence-corrected chi connectivity index (χ0v) is 9.84. The molecule has 3 N–H and O–H groups in total. The maximum atomic E-state index is 8.57. The van der Waals surface area contributed by atoms with Crippen molar-refractivity contribution in [2.24, 2.45) is 10.9 Å². The molecule has 1 saturated heterocycles.